The zero-order chi connectivity index (χ0) is 20.6. The maximum Gasteiger partial charge on any atom is 0.308 e. The molecule has 1 rings (SSSR count). The molecule has 0 aliphatic heterocycles. The predicted octanol–water partition coefficient (Wildman–Crippen LogP) is 2.64. The van der Waals surface area contributed by atoms with Gasteiger partial charge in [0.25, 0.3) is 0 Å². The maximum absolute atomic E-state index is 12.3. The number of rotatable bonds is 11. The van der Waals surface area contributed by atoms with Gasteiger partial charge in [0.1, 0.15) is 12.4 Å². The molecule has 0 N–H and O–H groups in total. The van der Waals surface area contributed by atoms with Gasteiger partial charge in [-0.3, -0.25) is 4.79 Å². The molecule has 7 nitrogen and oxygen atoms in total. The molecule has 8 heteroatoms. The lowest BCUT2D eigenvalue weighted by atomic mass is 10.1. The van der Waals surface area contributed by atoms with E-state index in [9.17, 15) is 13.2 Å². The van der Waals surface area contributed by atoms with E-state index in [1.165, 1.54) is 14.0 Å². The topological polar surface area (TPSA) is 76.2 Å². The van der Waals surface area contributed by atoms with Crippen molar-refractivity contribution in [3.05, 3.63) is 23.8 Å². The van der Waals surface area contributed by atoms with E-state index < -0.39 is 10.1 Å². The fourth-order valence-electron chi connectivity index (χ4n) is 2.68. The van der Waals surface area contributed by atoms with Crippen LogP contribution in [0.4, 0.5) is 5.69 Å². The Bertz CT molecular complexity index is 715. The third-order valence-corrected chi connectivity index (χ3v) is 5.44. The summed E-state index contributed by atoms with van der Waals surface area (Å²) in [6.07, 6.45) is 0. The molecule has 0 radical (unpaired) electrons. The van der Waals surface area contributed by atoms with Crippen LogP contribution in [0.2, 0.25) is 0 Å². The summed E-state index contributed by atoms with van der Waals surface area (Å²) in [5.41, 5.74) is 1.52. The van der Waals surface area contributed by atoms with Crippen molar-refractivity contribution in [2.75, 3.05) is 37.5 Å². The molecule has 1 aromatic carbocycles. The van der Waals surface area contributed by atoms with Crippen molar-refractivity contribution < 1.29 is 22.1 Å². The Labute approximate surface area is 163 Å². The smallest absolute Gasteiger partial charge is 0.308 e. The summed E-state index contributed by atoms with van der Waals surface area (Å²) in [5.74, 6) is -0.0277. The standard InChI is InChI=1S/C19H32N2O5S/c1-7-20(8-2)17-11-10-16(18(12-17)26-27(23,24)9-3)13-21(15(4)5)19(22)14-25-6/h10-12,15H,7-9,13-14H2,1-6H3. The second kappa shape index (κ2) is 10.5. The van der Waals surface area contributed by atoms with Crippen molar-refractivity contribution in [1.82, 2.24) is 4.90 Å². The van der Waals surface area contributed by atoms with Crippen LogP contribution in [0.5, 0.6) is 5.75 Å². The summed E-state index contributed by atoms with van der Waals surface area (Å²) < 4.78 is 34.4. The van der Waals surface area contributed by atoms with Crippen molar-refractivity contribution in [3.63, 3.8) is 0 Å². The van der Waals surface area contributed by atoms with Gasteiger partial charge in [-0.05, 0) is 40.7 Å². The molecule has 0 saturated carbocycles. The minimum absolute atomic E-state index is 0.0286. The van der Waals surface area contributed by atoms with E-state index in [4.69, 9.17) is 8.92 Å². The summed E-state index contributed by atoms with van der Waals surface area (Å²) in [5, 5.41) is 0. The SMILES string of the molecule is CCN(CC)c1ccc(CN(C(=O)COC)C(C)C)c(OS(=O)(=O)CC)c1. The van der Waals surface area contributed by atoms with Crippen LogP contribution >= 0.6 is 0 Å². The van der Waals surface area contributed by atoms with Crippen LogP contribution in [0.3, 0.4) is 0 Å². The molecule has 0 bridgehead atoms. The minimum Gasteiger partial charge on any atom is -0.382 e. The number of carbonyl (C=O) groups is 1. The molecule has 0 aliphatic carbocycles. The Balaban J connectivity index is 3.32. The lowest BCUT2D eigenvalue weighted by Gasteiger charge is -2.28. The molecular weight excluding hydrogens is 368 g/mol. The number of nitrogens with zero attached hydrogens (tertiary/aromatic N) is 2. The highest BCUT2D eigenvalue weighted by molar-refractivity contribution is 7.87. The summed E-state index contributed by atoms with van der Waals surface area (Å²) >= 11 is 0. The fourth-order valence-corrected chi connectivity index (χ4v) is 3.23. The fraction of sp³-hybridized carbons (Fsp3) is 0.632. The molecule has 0 unspecified atom stereocenters. The highest BCUT2D eigenvalue weighted by atomic mass is 32.2. The van der Waals surface area contributed by atoms with Crippen molar-refractivity contribution in [2.45, 2.75) is 47.2 Å². The van der Waals surface area contributed by atoms with E-state index in [0.717, 1.165) is 18.8 Å². The Hall–Kier alpha value is -1.80. The van der Waals surface area contributed by atoms with Crippen molar-refractivity contribution in [2.24, 2.45) is 0 Å². The second-order valence-corrected chi connectivity index (χ2v) is 8.30. The molecule has 27 heavy (non-hydrogen) atoms. The van der Waals surface area contributed by atoms with Gasteiger partial charge in [0.15, 0.2) is 0 Å². The van der Waals surface area contributed by atoms with Crippen molar-refractivity contribution in [1.29, 1.82) is 0 Å². The molecule has 0 aromatic heterocycles. The van der Waals surface area contributed by atoms with E-state index >= 15 is 0 Å². The number of hydrogen-bond acceptors (Lipinski definition) is 6. The summed E-state index contributed by atoms with van der Waals surface area (Å²) in [7, 11) is -2.21. The number of methoxy groups -OCH3 is 1. The van der Waals surface area contributed by atoms with E-state index in [0.29, 0.717) is 5.56 Å². The number of benzene rings is 1. The Morgan fingerprint density at radius 3 is 2.26 bits per heavy atom. The molecular formula is C19H32N2O5S. The van der Waals surface area contributed by atoms with Gasteiger partial charge in [-0.15, -0.1) is 0 Å². The monoisotopic (exact) mass is 400 g/mol. The maximum atomic E-state index is 12.3. The molecule has 0 heterocycles. The number of anilines is 1. The van der Waals surface area contributed by atoms with Gasteiger partial charge in [0, 0.05) is 50.1 Å². The first-order valence-electron chi connectivity index (χ1n) is 9.27. The quantitative estimate of drug-likeness (QED) is 0.532. The molecule has 0 aliphatic rings. The first-order valence-corrected chi connectivity index (χ1v) is 10.8. The predicted molar refractivity (Wildman–Crippen MR) is 108 cm³/mol. The van der Waals surface area contributed by atoms with Crippen LogP contribution in [0.1, 0.15) is 40.2 Å². The van der Waals surface area contributed by atoms with Crippen LogP contribution in [0.25, 0.3) is 0 Å². The average Bonchev–Trinajstić information content (AvgIpc) is 2.61. The Morgan fingerprint density at radius 2 is 1.78 bits per heavy atom. The van der Waals surface area contributed by atoms with Gasteiger partial charge in [0.2, 0.25) is 5.91 Å². The van der Waals surface area contributed by atoms with Crippen LogP contribution in [0.15, 0.2) is 18.2 Å². The largest absolute Gasteiger partial charge is 0.382 e. The van der Waals surface area contributed by atoms with Crippen LogP contribution in [-0.2, 0) is 26.2 Å². The first kappa shape index (κ1) is 23.2. The molecule has 0 atom stereocenters. The van der Waals surface area contributed by atoms with Crippen molar-refractivity contribution >= 4 is 21.7 Å². The third kappa shape index (κ3) is 6.70. The van der Waals surface area contributed by atoms with Gasteiger partial charge in [-0.25, -0.2) is 0 Å². The van der Waals surface area contributed by atoms with Gasteiger partial charge >= 0.3 is 10.1 Å². The summed E-state index contributed by atoms with van der Waals surface area (Å²) in [4.78, 5) is 16.1. The third-order valence-electron chi connectivity index (χ3n) is 4.30. The number of hydrogen-bond donors (Lipinski definition) is 0. The van der Waals surface area contributed by atoms with Crippen molar-refractivity contribution in [3.8, 4) is 5.75 Å². The lowest BCUT2D eigenvalue weighted by molar-refractivity contribution is -0.137. The second-order valence-electron chi connectivity index (χ2n) is 6.44. The highest BCUT2D eigenvalue weighted by Crippen LogP contribution is 2.29. The van der Waals surface area contributed by atoms with Crippen LogP contribution in [0, 0.1) is 0 Å². The number of amides is 1. The number of ether oxygens (including phenoxy) is 1. The Morgan fingerprint density at radius 1 is 1.15 bits per heavy atom. The molecule has 0 saturated heterocycles. The molecule has 154 valence electrons. The van der Waals surface area contributed by atoms with Crippen LogP contribution in [-0.4, -0.2) is 57.8 Å². The molecule has 1 amide bonds. The van der Waals surface area contributed by atoms with Crippen LogP contribution < -0.4 is 9.08 Å². The zero-order valence-corrected chi connectivity index (χ0v) is 18.0. The minimum atomic E-state index is -3.68. The number of carbonyl (C=O) groups excluding carboxylic acids is 1. The van der Waals surface area contributed by atoms with E-state index in [1.807, 2.05) is 39.8 Å². The van der Waals surface area contributed by atoms with Gasteiger partial charge in [-0.2, -0.15) is 8.42 Å². The van der Waals surface area contributed by atoms with Gasteiger partial charge < -0.3 is 18.7 Å². The van der Waals surface area contributed by atoms with E-state index in [-0.39, 0.29) is 36.6 Å². The first-order chi connectivity index (χ1) is 12.7. The molecule has 1 aromatic rings. The highest BCUT2D eigenvalue weighted by Gasteiger charge is 2.21. The van der Waals surface area contributed by atoms with E-state index in [2.05, 4.69) is 4.90 Å². The lowest BCUT2D eigenvalue weighted by Crippen LogP contribution is -2.38. The van der Waals surface area contributed by atoms with Gasteiger partial charge in [-0.1, -0.05) is 6.07 Å². The average molecular weight is 401 g/mol. The summed E-state index contributed by atoms with van der Waals surface area (Å²) in [6.45, 7) is 11.2. The summed E-state index contributed by atoms with van der Waals surface area (Å²) in [6, 6.07) is 5.41. The normalized spacial score (nSPS) is 11.5. The Kier molecular flexibility index (Phi) is 9.05. The van der Waals surface area contributed by atoms with E-state index in [1.54, 1.807) is 11.0 Å². The molecule has 0 spiro atoms. The zero-order valence-electron chi connectivity index (χ0n) is 17.2. The van der Waals surface area contributed by atoms with Gasteiger partial charge in [0.05, 0.1) is 5.75 Å². The molecule has 0 fully saturated rings.